The number of nitrogens with one attached hydrogen (secondary N) is 2. The van der Waals surface area contributed by atoms with Gasteiger partial charge in [0.1, 0.15) is 11.5 Å². The first kappa shape index (κ1) is 21.7. The predicted octanol–water partition coefficient (Wildman–Crippen LogP) is 3.18. The Morgan fingerprint density at radius 2 is 1.79 bits per heavy atom. The molecule has 152 valence electrons. The molecule has 8 heteroatoms. The third-order valence-electron chi connectivity index (χ3n) is 3.98. The van der Waals surface area contributed by atoms with Crippen LogP contribution in [0.2, 0.25) is 0 Å². The number of sulfonamides is 1. The van der Waals surface area contributed by atoms with Gasteiger partial charge >= 0.3 is 0 Å². The number of carbonyl (C=O) groups is 1. The molecule has 0 fully saturated rings. The Morgan fingerprint density at radius 1 is 1.11 bits per heavy atom. The zero-order valence-corrected chi connectivity index (χ0v) is 17.1. The molecule has 2 N–H and O–H groups in total. The van der Waals surface area contributed by atoms with Gasteiger partial charge in [0.15, 0.2) is 6.10 Å². The van der Waals surface area contributed by atoms with E-state index in [0.29, 0.717) is 23.7 Å². The lowest BCUT2D eigenvalue weighted by atomic mass is 10.3. The molecule has 0 aromatic heterocycles. The summed E-state index contributed by atoms with van der Waals surface area (Å²) in [5.74, 6) is 0.833. The molecule has 0 saturated carbocycles. The third kappa shape index (κ3) is 6.24. The molecule has 0 aliphatic heterocycles. The SMILES string of the molecule is CCCCNS(=O)(=O)c1cccc(NC(=O)C(C)Oc2ccc(OC)cc2)c1. The summed E-state index contributed by atoms with van der Waals surface area (Å²) in [7, 11) is -2.04. The van der Waals surface area contributed by atoms with Crippen LogP contribution in [0.15, 0.2) is 53.4 Å². The van der Waals surface area contributed by atoms with E-state index in [9.17, 15) is 13.2 Å². The van der Waals surface area contributed by atoms with Crippen molar-refractivity contribution in [2.45, 2.75) is 37.7 Å². The molecule has 2 rings (SSSR count). The number of anilines is 1. The maximum absolute atomic E-state index is 12.4. The Balaban J connectivity index is 2.00. The average molecular weight is 407 g/mol. The zero-order chi connectivity index (χ0) is 20.6. The summed E-state index contributed by atoms with van der Waals surface area (Å²) in [6, 6.07) is 13.0. The van der Waals surface area contributed by atoms with Crippen LogP contribution in [0.25, 0.3) is 0 Å². The van der Waals surface area contributed by atoms with E-state index in [2.05, 4.69) is 10.0 Å². The first-order valence-corrected chi connectivity index (χ1v) is 10.6. The van der Waals surface area contributed by atoms with Crippen LogP contribution in [-0.2, 0) is 14.8 Å². The number of unbranched alkanes of at least 4 members (excludes halogenated alkanes) is 1. The van der Waals surface area contributed by atoms with Gasteiger partial charge < -0.3 is 14.8 Å². The van der Waals surface area contributed by atoms with Gasteiger partial charge in [-0.15, -0.1) is 0 Å². The summed E-state index contributed by atoms with van der Waals surface area (Å²) in [5, 5.41) is 2.68. The summed E-state index contributed by atoms with van der Waals surface area (Å²) in [6.45, 7) is 3.98. The number of benzene rings is 2. The molecule has 2 aromatic carbocycles. The Labute approximate surface area is 166 Å². The van der Waals surface area contributed by atoms with Crippen LogP contribution in [0.1, 0.15) is 26.7 Å². The predicted molar refractivity (Wildman–Crippen MR) is 108 cm³/mol. The standard InChI is InChI=1S/C20H26N2O5S/c1-4-5-13-21-28(24,25)19-8-6-7-16(14-19)22-20(23)15(2)27-18-11-9-17(26-3)10-12-18/h6-12,14-15,21H,4-5,13H2,1-3H3,(H,22,23). The molecule has 0 aliphatic carbocycles. The van der Waals surface area contributed by atoms with E-state index in [4.69, 9.17) is 9.47 Å². The Bertz CT molecular complexity index is 882. The van der Waals surface area contributed by atoms with E-state index < -0.39 is 16.1 Å². The molecular weight excluding hydrogens is 380 g/mol. The minimum absolute atomic E-state index is 0.102. The number of hydrogen-bond donors (Lipinski definition) is 2. The van der Waals surface area contributed by atoms with Crippen LogP contribution in [0.5, 0.6) is 11.5 Å². The van der Waals surface area contributed by atoms with Crippen LogP contribution >= 0.6 is 0 Å². The highest BCUT2D eigenvalue weighted by molar-refractivity contribution is 7.89. The van der Waals surface area contributed by atoms with Gasteiger partial charge in [0.2, 0.25) is 10.0 Å². The molecule has 1 atom stereocenters. The van der Waals surface area contributed by atoms with E-state index in [1.807, 2.05) is 6.92 Å². The molecule has 1 amide bonds. The molecule has 0 saturated heterocycles. The lowest BCUT2D eigenvalue weighted by molar-refractivity contribution is -0.122. The van der Waals surface area contributed by atoms with Gasteiger partial charge in [-0.2, -0.15) is 0 Å². The number of ether oxygens (including phenoxy) is 2. The van der Waals surface area contributed by atoms with Gasteiger partial charge in [-0.3, -0.25) is 4.79 Å². The van der Waals surface area contributed by atoms with Crippen molar-refractivity contribution in [3.05, 3.63) is 48.5 Å². The lowest BCUT2D eigenvalue weighted by Crippen LogP contribution is -2.30. The van der Waals surface area contributed by atoms with Gasteiger partial charge in [-0.1, -0.05) is 19.4 Å². The normalized spacial score (nSPS) is 12.2. The Kier molecular flexibility index (Phi) is 7.83. The number of carbonyl (C=O) groups excluding carboxylic acids is 1. The maximum Gasteiger partial charge on any atom is 0.265 e. The summed E-state index contributed by atoms with van der Waals surface area (Å²) in [5.41, 5.74) is 0.383. The van der Waals surface area contributed by atoms with Crippen molar-refractivity contribution in [1.29, 1.82) is 0 Å². The van der Waals surface area contributed by atoms with Crippen molar-refractivity contribution in [3.63, 3.8) is 0 Å². The van der Waals surface area contributed by atoms with Crippen molar-refractivity contribution in [2.24, 2.45) is 0 Å². The molecule has 7 nitrogen and oxygen atoms in total. The highest BCUT2D eigenvalue weighted by Gasteiger charge is 2.17. The topological polar surface area (TPSA) is 93.7 Å². The summed E-state index contributed by atoms with van der Waals surface area (Å²) >= 11 is 0. The fourth-order valence-electron chi connectivity index (χ4n) is 2.36. The molecule has 0 spiro atoms. The highest BCUT2D eigenvalue weighted by atomic mass is 32.2. The molecule has 28 heavy (non-hydrogen) atoms. The van der Waals surface area contributed by atoms with Crippen LogP contribution in [0.3, 0.4) is 0 Å². The van der Waals surface area contributed by atoms with Crippen LogP contribution in [-0.4, -0.2) is 34.1 Å². The minimum Gasteiger partial charge on any atom is -0.497 e. The first-order valence-electron chi connectivity index (χ1n) is 9.07. The van der Waals surface area contributed by atoms with Gasteiger partial charge in [0, 0.05) is 12.2 Å². The van der Waals surface area contributed by atoms with E-state index >= 15 is 0 Å². The number of methoxy groups -OCH3 is 1. The van der Waals surface area contributed by atoms with Crippen molar-refractivity contribution in [3.8, 4) is 11.5 Å². The van der Waals surface area contributed by atoms with Gasteiger partial charge in [-0.05, 0) is 55.8 Å². The molecule has 1 unspecified atom stereocenters. The molecule has 0 radical (unpaired) electrons. The van der Waals surface area contributed by atoms with Crippen molar-refractivity contribution < 1.29 is 22.7 Å². The Morgan fingerprint density at radius 3 is 2.43 bits per heavy atom. The van der Waals surface area contributed by atoms with Gasteiger partial charge in [0.25, 0.3) is 5.91 Å². The van der Waals surface area contributed by atoms with Crippen molar-refractivity contribution in [1.82, 2.24) is 4.72 Å². The van der Waals surface area contributed by atoms with Crippen LogP contribution in [0.4, 0.5) is 5.69 Å². The van der Waals surface area contributed by atoms with Crippen LogP contribution in [0, 0.1) is 0 Å². The minimum atomic E-state index is -3.61. The monoisotopic (exact) mass is 406 g/mol. The van der Waals surface area contributed by atoms with Crippen molar-refractivity contribution >= 4 is 21.6 Å². The maximum atomic E-state index is 12.4. The Hall–Kier alpha value is -2.58. The fourth-order valence-corrected chi connectivity index (χ4v) is 3.48. The molecule has 2 aromatic rings. The highest BCUT2D eigenvalue weighted by Crippen LogP contribution is 2.19. The molecule has 0 heterocycles. The second-order valence-electron chi connectivity index (χ2n) is 6.20. The summed E-state index contributed by atoms with van der Waals surface area (Å²) in [4.78, 5) is 12.5. The molecule has 0 aliphatic rings. The van der Waals surface area contributed by atoms with Gasteiger partial charge in [0.05, 0.1) is 12.0 Å². The van der Waals surface area contributed by atoms with E-state index in [1.54, 1.807) is 50.4 Å². The second-order valence-corrected chi connectivity index (χ2v) is 7.97. The average Bonchev–Trinajstić information content (AvgIpc) is 2.69. The largest absolute Gasteiger partial charge is 0.497 e. The number of amides is 1. The summed E-state index contributed by atoms with van der Waals surface area (Å²) < 4.78 is 37.9. The smallest absolute Gasteiger partial charge is 0.265 e. The quantitative estimate of drug-likeness (QED) is 0.591. The molecule has 0 bridgehead atoms. The zero-order valence-electron chi connectivity index (χ0n) is 16.3. The fraction of sp³-hybridized carbons (Fsp3) is 0.350. The molecular formula is C20H26N2O5S. The van der Waals surface area contributed by atoms with Crippen molar-refractivity contribution in [2.75, 3.05) is 19.0 Å². The van der Waals surface area contributed by atoms with Gasteiger partial charge in [-0.25, -0.2) is 13.1 Å². The lowest BCUT2D eigenvalue weighted by Gasteiger charge is -2.15. The number of rotatable bonds is 10. The van der Waals surface area contributed by atoms with E-state index in [1.165, 1.54) is 12.1 Å². The van der Waals surface area contributed by atoms with E-state index in [0.717, 1.165) is 12.8 Å². The first-order chi connectivity index (χ1) is 13.4. The summed E-state index contributed by atoms with van der Waals surface area (Å²) in [6.07, 6.45) is 0.886. The second kappa shape index (κ2) is 10.1. The third-order valence-corrected chi connectivity index (χ3v) is 5.43. The van der Waals surface area contributed by atoms with E-state index in [-0.39, 0.29) is 10.8 Å². The van der Waals surface area contributed by atoms with Crippen LogP contribution < -0.4 is 19.5 Å². The number of hydrogen-bond acceptors (Lipinski definition) is 5.